The SMILES string of the molecule is CC(C)(C)C(NC(=O)O)c1ccc(-c2cc(F)ccc2N)cc1. The summed E-state index contributed by atoms with van der Waals surface area (Å²) in [4.78, 5) is 11.0. The Morgan fingerprint density at radius 2 is 1.78 bits per heavy atom. The Morgan fingerprint density at radius 3 is 2.30 bits per heavy atom. The number of rotatable bonds is 3. The maximum atomic E-state index is 13.4. The lowest BCUT2D eigenvalue weighted by molar-refractivity contribution is 0.175. The zero-order valence-electron chi connectivity index (χ0n) is 13.4. The molecule has 0 heterocycles. The molecule has 0 bridgehead atoms. The maximum absolute atomic E-state index is 13.4. The first kappa shape index (κ1) is 16.8. The minimum Gasteiger partial charge on any atom is -0.465 e. The van der Waals surface area contributed by atoms with Crippen molar-refractivity contribution in [2.45, 2.75) is 26.8 Å². The topological polar surface area (TPSA) is 75.3 Å². The van der Waals surface area contributed by atoms with Crippen molar-refractivity contribution >= 4 is 11.8 Å². The van der Waals surface area contributed by atoms with E-state index in [1.54, 1.807) is 0 Å². The second-order valence-electron chi connectivity index (χ2n) is 6.60. The molecule has 0 aliphatic rings. The van der Waals surface area contributed by atoms with Crippen LogP contribution in [0.25, 0.3) is 11.1 Å². The fourth-order valence-corrected chi connectivity index (χ4v) is 2.56. The first-order valence-corrected chi connectivity index (χ1v) is 7.33. The second kappa shape index (κ2) is 6.28. The van der Waals surface area contributed by atoms with Crippen molar-refractivity contribution in [2.24, 2.45) is 5.41 Å². The minimum atomic E-state index is -1.07. The van der Waals surface area contributed by atoms with E-state index in [1.807, 2.05) is 45.0 Å². The molecule has 0 saturated heterocycles. The molecule has 2 aromatic rings. The van der Waals surface area contributed by atoms with Crippen LogP contribution in [0.2, 0.25) is 0 Å². The lowest BCUT2D eigenvalue weighted by atomic mass is 9.82. The number of carbonyl (C=O) groups is 1. The number of benzene rings is 2. The summed E-state index contributed by atoms with van der Waals surface area (Å²) in [7, 11) is 0. The molecule has 1 atom stereocenters. The highest BCUT2D eigenvalue weighted by Gasteiger charge is 2.27. The molecule has 0 aromatic heterocycles. The van der Waals surface area contributed by atoms with Gasteiger partial charge in [0.15, 0.2) is 0 Å². The highest BCUT2D eigenvalue weighted by atomic mass is 19.1. The summed E-state index contributed by atoms with van der Waals surface area (Å²) in [5, 5.41) is 11.6. The van der Waals surface area contributed by atoms with Crippen LogP contribution in [0.15, 0.2) is 42.5 Å². The number of anilines is 1. The van der Waals surface area contributed by atoms with Crippen LogP contribution >= 0.6 is 0 Å². The number of carboxylic acid groups (broad SMARTS) is 1. The summed E-state index contributed by atoms with van der Waals surface area (Å²) in [5.74, 6) is -0.349. The summed E-state index contributed by atoms with van der Waals surface area (Å²) >= 11 is 0. The summed E-state index contributed by atoms with van der Waals surface area (Å²) in [6.07, 6.45) is -1.07. The molecule has 1 unspecified atom stereocenters. The zero-order valence-corrected chi connectivity index (χ0v) is 13.4. The van der Waals surface area contributed by atoms with Crippen LogP contribution in [0, 0.1) is 11.2 Å². The molecule has 0 aliphatic carbocycles. The maximum Gasteiger partial charge on any atom is 0.405 e. The van der Waals surface area contributed by atoms with Gasteiger partial charge in [-0.15, -0.1) is 0 Å². The fraction of sp³-hybridized carbons (Fsp3) is 0.278. The van der Waals surface area contributed by atoms with E-state index in [-0.39, 0.29) is 17.3 Å². The third kappa shape index (κ3) is 4.00. The van der Waals surface area contributed by atoms with E-state index < -0.39 is 6.09 Å². The van der Waals surface area contributed by atoms with Gasteiger partial charge in [0.1, 0.15) is 5.82 Å². The van der Waals surface area contributed by atoms with Gasteiger partial charge in [-0.05, 0) is 34.7 Å². The van der Waals surface area contributed by atoms with E-state index >= 15 is 0 Å². The Balaban J connectivity index is 2.37. The van der Waals surface area contributed by atoms with Crippen LogP contribution in [0.3, 0.4) is 0 Å². The van der Waals surface area contributed by atoms with Crippen molar-refractivity contribution in [3.8, 4) is 11.1 Å². The normalized spacial score (nSPS) is 12.7. The van der Waals surface area contributed by atoms with E-state index in [0.29, 0.717) is 11.3 Å². The number of nitrogens with two attached hydrogens (primary N) is 1. The Bertz CT molecular complexity index is 706. The van der Waals surface area contributed by atoms with Gasteiger partial charge in [0.05, 0.1) is 6.04 Å². The number of halogens is 1. The lowest BCUT2D eigenvalue weighted by Crippen LogP contribution is -2.35. The number of hydrogen-bond donors (Lipinski definition) is 3. The van der Waals surface area contributed by atoms with Crippen molar-refractivity contribution in [1.29, 1.82) is 0 Å². The predicted octanol–water partition coefficient (Wildman–Crippen LogP) is 4.43. The molecule has 0 saturated carbocycles. The van der Waals surface area contributed by atoms with Gasteiger partial charge in [-0.1, -0.05) is 45.0 Å². The molecule has 0 radical (unpaired) electrons. The first-order valence-electron chi connectivity index (χ1n) is 7.33. The van der Waals surface area contributed by atoms with Gasteiger partial charge in [0.25, 0.3) is 0 Å². The van der Waals surface area contributed by atoms with E-state index in [2.05, 4.69) is 5.32 Å². The molecule has 2 rings (SSSR count). The standard InChI is InChI=1S/C18H21FN2O2/c1-18(2,3)16(21-17(22)23)12-6-4-11(5-7-12)14-10-13(19)8-9-15(14)20/h4-10,16,21H,20H2,1-3H3,(H,22,23). The van der Waals surface area contributed by atoms with Gasteiger partial charge in [-0.3, -0.25) is 0 Å². The van der Waals surface area contributed by atoms with Gasteiger partial charge < -0.3 is 16.2 Å². The van der Waals surface area contributed by atoms with E-state index in [4.69, 9.17) is 10.8 Å². The van der Waals surface area contributed by atoms with Crippen molar-refractivity contribution in [2.75, 3.05) is 5.73 Å². The molecule has 122 valence electrons. The van der Waals surface area contributed by atoms with Gasteiger partial charge in [-0.2, -0.15) is 0 Å². The number of amides is 1. The largest absolute Gasteiger partial charge is 0.465 e. The number of hydrogen-bond acceptors (Lipinski definition) is 2. The molecule has 5 heteroatoms. The van der Waals surface area contributed by atoms with Crippen LogP contribution in [0.1, 0.15) is 32.4 Å². The highest BCUT2D eigenvalue weighted by Crippen LogP contribution is 2.34. The monoisotopic (exact) mass is 316 g/mol. The first-order chi connectivity index (χ1) is 10.7. The van der Waals surface area contributed by atoms with Crippen molar-refractivity contribution in [3.63, 3.8) is 0 Å². The van der Waals surface area contributed by atoms with Crippen molar-refractivity contribution in [1.82, 2.24) is 5.32 Å². The smallest absolute Gasteiger partial charge is 0.405 e. The molecule has 4 N–H and O–H groups in total. The molecule has 0 aliphatic heterocycles. The van der Waals surface area contributed by atoms with E-state index in [9.17, 15) is 9.18 Å². The minimum absolute atomic E-state index is 0.280. The van der Waals surface area contributed by atoms with E-state index in [0.717, 1.165) is 11.1 Å². The zero-order chi connectivity index (χ0) is 17.2. The van der Waals surface area contributed by atoms with Crippen LogP contribution < -0.4 is 11.1 Å². The molecule has 0 fully saturated rings. The molecule has 4 nitrogen and oxygen atoms in total. The van der Waals surface area contributed by atoms with Gasteiger partial charge >= 0.3 is 6.09 Å². The summed E-state index contributed by atoms with van der Waals surface area (Å²) in [5.41, 5.74) is 8.37. The molecule has 23 heavy (non-hydrogen) atoms. The Morgan fingerprint density at radius 1 is 1.17 bits per heavy atom. The van der Waals surface area contributed by atoms with Crippen LogP contribution in [0.5, 0.6) is 0 Å². The molecular weight excluding hydrogens is 295 g/mol. The molecule has 1 amide bonds. The van der Waals surface area contributed by atoms with Crippen LogP contribution in [0.4, 0.5) is 14.9 Å². The fourth-order valence-electron chi connectivity index (χ4n) is 2.56. The Hall–Kier alpha value is -2.56. The number of nitrogens with one attached hydrogen (secondary N) is 1. The number of nitrogen functional groups attached to an aromatic ring is 1. The van der Waals surface area contributed by atoms with Crippen LogP contribution in [-0.2, 0) is 0 Å². The summed E-state index contributed by atoms with van der Waals surface area (Å²) in [6, 6.07) is 11.2. The quantitative estimate of drug-likeness (QED) is 0.733. The Kier molecular flexibility index (Phi) is 4.59. The van der Waals surface area contributed by atoms with Crippen LogP contribution in [-0.4, -0.2) is 11.2 Å². The van der Waals surface area contributed by atoms with Gasteiger partial charge in [0, 0.05) is 11.3 Å². The van der Waals surface area contributed by atoms with Gasteiger partial charge in [0.2, 0.25) is 0 Å². The lowest BCUT2D eigenvalue weighted by Gasteiger charge is -2.31. The Labute approximate surface area is 135 Å². The van der Waals surface area contributed by atoms with Gasteiger partial charge in [-0.25, -0.2) is 9.18 Å². The summed E-state index contributed by atoms with van der Waals surface area (Å²) < 4.78 is 13.4. The highest BCUT2D eigenvalue weighted by molar-refractivity contribution is 5.76. The average molecular weight is 316 g/mol. The van der Waals surface area contributed by atoms with Crippen molar-refractivity contribution < 1.29 is 14.3 Å². The summed E-state index contributed by atoms with van der Waals surface area (Å²) in [6.45, 7) is 5.89. The third-order valence-electron chi connectivity index (χ3n) is 3.70. The predicted molar refractivity (Wildman–Crippen MR) is 89.6 cm³/mol. The third-order valence-corrected chi connectivity index (χ3v) is 3.70. The van der Waals surface area contributed by atoms with E-state index in [1.165, 1.54) is 18.2 Å². The van der Waals surface area contributed by atoms with Crippen molar-refractivity contribution in [3.05, 3.63) is 53.8 Å². The average Bonchev–Trinajstić information content (AvgIpc) is 2.46. The molecule has 2 aromatic carbocycles. The molecule has 0 spiro atoms. The second-order valence-corrected chi connectivity index (χ2v) is 6.60. The molecular formula is C18H21FN2O2.